The van der Waals surface area contributed by atoms with Crippen molar-refractivity contribution in [2.75, 3.05) is 26.7 Å². The molecule has 4 aliphatic carbocycles. The highest BCUT2D eigenvalue weighted by molar-refractivity contribution is 7.90. The van der Waals surface area contributed by atoms with Gasteiger partial charge in [-0.2, -0.15) is 0 Å². The van der Waals surface area contributed by atoms with E-state index in [-0.39, 0.29) is 81.0 Å². The fourth-order valence-corrected chi connectivity index (χ4v) is 12.4. The lowest BCUT2D eigenvalue weighted by Gasteiger charge is -2.32. The van der Waals surface area contributed by atoms with Crippen LogP contribution in [0.2, 0.25) is 0 Å². The SMILES string of the molecule is C=C[C@@H]1C[C@]1(NC(=O)[C@@H]1C[C@@H]2CN1C(=O)[C@H](C1CCCC1)NC(=O)O[C@@H]1CCC[C@H]1CC/C=C/Cc1c(nc3ccccc3c1OCCN1C(=O)CCC1=O)O2)C(=O)N(C)S(=O)(=O)C1CC1. The van der Waals surface area contributed by atoms with Crippen LogP contribution < -0.4 is 20.1 Å². The van der Waals surface area contributed by atoms with E-state index in [1.165, 1.54) is 22.9 Å². The lowest BCUT2D eigenvalue weighted by atomic mass is 9.96. The minimum absolute atomic E-state index is 0.0241. The van der Waals surface area contributed by atoms with Crippen molar-refractivity contribution in [1.82, 2.24) is 29.7 Å². The second kappa shape index (κ2) is 18.6. The minimum atomic E-state index is -3.94. The van der Waals surface area contributed by atoms with Crippen LogP contribution >= 0.6 is 0 Å². The predicted octanol–water partition coefficient (Wildman–Crippen LogP) is 4.47. The van der Waals surface area contributed by atoms with Gasteiger partial charge >= 0.3 is 6.09 Å². The van der Waals surface area contributed by atoms with Crippen molar-refractivity contribution in [2.24, 2.45) is 17.8 Å². The first-order chi connectivity index (χ1) is 31.8. The molecule has 2 aromatic rings. The molecule has 0 spiro atoms. The summed E-state index contributed by atoms with van der Waals surface area (Å²) in [5, 5.41) is 5.89. The van der Waals surface area contributed by atoms with Crippen LogP contribution in [0.25, 0.3) is 10.9 Å². The van der Waals surface area contributed by atoms with Gasteiger partial charge in [0.15, 0.2) is 0 Å². The summed E-state index contributed by atoms with van der Waals surface area (Å²) >= 11 is 0. The number of hydrogen-bond donors (Lipinski definition) is 2. The van der Waals surface area contributed by atoms with Gasteiger partial charge in [-0.1, -0.05) is 43.2 Å². The molecule has 3 aliphatic heterocycles. The number of carbonyl (C=O) groups is 6. The van der Waals surface area contributed by atoms with E-state index in [0.29, 0.717) is 60.7 Å². The van der Waals surface area contributed by atoms with Gasteiger partial charge in [0.05, 0.1) is 29.4 Å². The average Bonchev–Trinajstić information content (AvgIpc) is 4.01. The molecular weight excluding hydrogens is 869 g/mol. The van der Waals surface area contributed by atoms with Crippen LogP contribution in [0.5, 0.6) is 11.6 Å². The van der Waals surface area contributed by atoms with Crippen LogP contribution in [0.1, 0.15) is 102 Å². The number of amides is 6. The zero-order chi connectivity index (χ0) is 46.3. The van der Waals surface area contributed by atoms with E-state index in [2.05, 4.69) is 23.3 Å². The zero-order valence-electron chi connectivity index (χ0n) is 37.5. The van der Waals surface area contributed by atoms with Gasteiger partial charge in [-0.25, -0.2) is 22.5 Å². The molecule has 4 saturated carbocycles. The van der Waals surface area contributed by atoms with Crippen LogP contribution in [-0.2, 0) is 45.2 Å². The number of pyridine rings is 1. The number of imide groups is 1. The van der Waals surface area contributed by atoms with Crippen LogP contribution in [-0.4, -0.2) is 125 Å². The van der Waals surface area contributed by atoms with Crippen LogP contribution in [0, 0.1) is 17.8 Å². The average molecular weight is 929 g/mol. The highest BCUT2D eigenvalue weighted by atomic mass is 32.2. The first-order valence-corrected chi connectivity index (χ1v) is 25.2. The number of hydrogen-bond acceptors (Lipinski definition) is 12. The molecule has 6 fully saturated rings. The van der Waals surface area contributed by atoms with Gasteiger partial charge in [-0.05, 0) is 94.6 Å². The van der Waals surface area contributed by atoms with Gasteiger partial charge in [0.25, 0.3) is 5.91 Å². The molecule has 6 amide bonds. The van der Waals surface area contributed by atoms with Crippen molar-refractivity contribution in [3.8, 4) is 11.6 Å². The topological polar surface area (TPSA) is 211 Å². The molecule has 0 unspecified atom stereocenters. The molecule has 7 aliphatic rings. The van der Waals surface area contributed by atoms with Crippen molar-refractivity contribution in [1.29, 1.82) is 0 Å². The number of likely N-dealkylation sites (tertiary alicyclic amines) is 1. The third-order valence-corrected chi connectivity index (χ3v) is 17.1. The Labute approximate surface area is 385 Å². The van der Waals surface area contributed by atoms with Crippen molar-refractivity contribution in [3.05, 3.63) is 54.6 Å². The number of benzene rings is 1. The Morgan fingerprint density at radius 3 is 2.45 bits per heavy atom. The molecule has 1 aromatic carbocycles. The van der Waals surface area contributed by atoms with E-state index in [1.54, 1.807) is 0 Å². The Bertz CT molecular complexity index is 2420. The predicted molar refractivity (Wildman–Crippen MR) is 240 cm³/mol. The number of nitrogens with one attached hydrogen (secondary N) is 2. The van der Waals surface area contributed by atoms with E-state index in [0.717, 1.165) is 42.8 Å². The number of fused-ring (bicyclic) bond motifs is 5. The van der Waals surface area contributed by atoms with Gasteiger partial charge in [-0.15, -0.1) is 6.58 Å². The van der Waals surface area contributed by atoms with E-state index in [4.69, 9.17) is 19.2 Å². The van der Waals surface area contributed by atoms with Crippen molar-refractivity contribution < 1.29 is 51.4 Å². The molecule has 0 radical (unpaired) electrons. The maximum absolute atomic E-state index is 15.1. The summed E-state index contributed by atoms with van der Waals surface area (Å²) in [7, 11) is -2.72. The number of ether oxygens (including phenoxy) is 3. The third-order valence-electron chi connectivity index (χ3n) is 14.8. The highest BCUT2D eigenvalue weighted by Gasteiger charge is 2.63. The monoisotopic (exact) mass is 928 g/mol. The third kappa shape index (κ3) is 9.01. The summed E-state index contributed by atoms with van der Waals surface area (Å²) in [6.45, 7) is 3.87. The molecule has 4 heterocycles. The fraction of sp³-hybridized carbons (Fsp3) is 0.604. The fourth-order valence-electron chi connectivity index (χ4n) is 10.9. The summed E-state index contributed by atoms with van der Waals surface area (Å²) in [4.78, 5) is 90.4. The molecule has 2 saturated heterocycles. The Morgan fingerprint density at radius 1 is 0.985 bits per heavy atom. The summed E-state index contributed by atoms with van der Waals surface area (Å²) in [6.07, 6.45) is 12.6. The Morgan fingerprint density at radius 2 is 1.73 bits per heavy atom. The van der Waals surface area contributed by atoms with Gasteiger partial charge in [0, 0.05) is 37.6 Å². The molecular formula is C48H60N6O11S. The Kier molecular flexibility index (Phi) is 12.9. The maximum Gasteiger partial charge on any atom is 0.408 e. The summed E-state index contributed by atoms with van der Waals surface area (Å²) in [5.74, 6) is -2.36. The molecule has 7 atom stereocenters. The first-order valence-electron chi connectivity index (χ1n) is 23.7. The van der Waals surface area contributed by atoms with Crippen molar-refractivity contribution in [2.45, 2.75) is 138 Å². The highest BCUT2D eigenvalue weighted by Crippen LogP contribution is 2.47. The second-order valence-corrected chi connectivity index (χ2v) is 21.3. The van der Waals surface area contributed by atoms with Crippen LogP contribution in [0.3, 0.4) is 0 Å². The van der Waals surface area contributed by atoms with Gasteiger partial charge < -0.3 is 29.7 Å². The van der Waals surface area contributed by atoms with Crippen LogP contribution in [0.4, 0.5) is 4.79 Å². The molecule has 17 nitrogen and oxygen atoms in total. The van der Waals surface area contributed by atoms with E-state index < -0.39 is 68.7 Å². The molecule has 1 aromatic heterocycles. The number of carbonyl (C=O) groups excluding carboxylic acids is 6. The lowest BCUT2D eigenvalue weighted by Crippen LogP contribution is -2.59. The molecule has 66 heavy (non-hydrogen) atoms. The molecule has 18 heteroatoms. The number of para-hydroxylation sites is 1. The van der Waals surface area contributed by atoms with Gasteiger partial charge in [0.2, 0.25) is 39.5 Å². The van der Waals surface area contributed by atoms with E-state index in [9.17, 15) is 32.4 Å². The number of aromatic nitrogens is 1. The molecule has 2 bridgehead atoms. The zero-order valence-corrected chi connectivity index (χ0v) is 38.3. The molecule has 354 valence electrons. The quantitative estimate of drug-likeness (QED) is 0.236. The number of likely N-dealkylation sites (N-methyl/N-ethyl adjacent to an activating group) is 1. The number of nitrogens with zero attached hydrogens (tertiary/aromatic N) is 4. The Balaban J connectivity index is 1.08. The maximum atomic E-state index is 15.1. The summed E-state index contributed by atoms with van der Waals surface area (Å²) in [6, 6.07) is 5.20. The van der Waals surface area contributed by atoms with Gasteiger partial charge in [-0.3, -0.25) is 28.9 Å². The first kappa shape index (κ1) is 45.6. The van der Waals surface area contributed by atoms with Crippen LogP contribution in [0.15, 0.2) is 49.1 Å². The van der Waals surface area contributed by atoms with Crippen molar-refractivity contribution >= 4 is 56.6 Å². The number of alkyl carbamates (subject to hydrolysis) is 1. The standard InChI is InChI=1S/C48H60N6O11S/c1-3-31-27-48(31,46(59)52(2)66(61,62)33-20-21-33)51-43(57)37-26-32-28-54(37)45(58)41(30-13-7-8-14-30)50-47(60)65-38-19-11-15-29(38)12-5-4-6-17-35-42(63-25-24-53-39(55)22-23-40(53)56)34-16-9-10-18-36(34)49-44(35)64-32/h3-4,6,9-10,16,18,29-33,37-38,41H,1,5,7-8,11-15,17,19-28H2,2H3,(H,50,60)(H,51,57)/b6-4+/t29-,31-,32-,37+,38-,41+,48-/m1/s1. The Hall–Kier alpha value is -5.52. The van der Waals surface area contributed by atoms with Crippen molar-refractivity contribution in [3.63, 3.8) is 0 Å². The summed E-state index contributed by atoms with van der Waals surface area (Å²) < 4.78 is 46.7. The largest absolute Gasteiger partial charge is 0.491 e. The number of allylic oxidation sites excluding steroid dienone is 2. The lowest BCUT2D eigenvalue weighted by molar-refractivity contribution is -0.142. The molecule has 9 rings (SSSR count). The minimum Gasteiger partial charge on any atom is -0.491 e. The van der Waals surface area contributed by atoms with Gasteiger partial charge in [0.1, 0.15) is 42.2 Å². The molecule has 2 N–H and O–H groups in total. The normalized spacial score (nSPS) is 30.1. The smallest absolute Gasteiger partial charge is 0.408 e. The summed E-state index contributed by atoms with van der Waals surface area (Å²) in [5.41, 5.74) is -0.432. The van der Waals surface area contributed by atoms with E-state index in [1.807, 2.05) is 30.3 Å². The second-order valence-electron chi connectivity index (χ2n) is 19.1. The van der Waals surface area contributed by atoms with E-state index >= 15 is 4.79 Å². The number of rotatable bonds is 11. The number of sulfonamides is 1.